The fourth-order valence-electron chi connectivity index (χ4n) is 3.62. The molecule has 1 aliphatic rings. The van der Waals surface area contributed by atoms with E-state index in [2.05, 4.69) is 32.2 Å². The first kappa shape index (κ1) is 23.0. The van der Waals surface area contributed by atoms with Crippen LogP contribution in [0.5, 0.6) is 0 Å². The molecule has 1 fully saturated rings. The fraction of sp³-hybridized carbons (Fsp3) is 0.318. The van der Waals surface area contributed by atoms with Crippen LogP contribution in [0.4, 0.5) is 5.69 Å². The van der Waals surface area contributed by atoms with E-state index in [4.69, 9.17) is 39.3 Å². The first-order valence-corrected chi connectivity index (χ1v) is 11.3. The van der Waals surface area contributed by atoms with Crippen LogP contribution < -0.4 is 5.32 Å². The molecular weight excluding hydrogens is 473 g/mol. The number of amides is 1. The third kappa shape index (κ3) is 5.42. The molecule has 1 aromatic heterocycles. The lowest BCUT2D eigenvalue weighted by Gasteiger charge is -2.36. The van der Waals surface area contributed by atoms with Crippen molar-refractivity contribution in [2.75, 3.05) is 38.0 Å². The van der Waals surface area contributed by atoms with Crippen LogP contribution in [0, 0.1) is 0 Å². The van der Waals surface area contributed by atoms with Crippen molar-refractivity contribution in [2.45, 2.75) is 13.0 Å². The number of halogens is 3. The highest BCUT2D eigenvalue weighted by Crippen LogP contribution is 2.33. The van der Waals surface area contributed by atoms with E-state index in [0.29, 0.717) is 32.5 Å². The van der Waals surface area contributed by atoms with Crippen LogP contribution in [-0.4, -0.2) is 58.6 Å². The smallest absolute Gasteiger partial charge is 0.244 e. The van der Waals surface area contributed by atoms with Gasteiger partial charge in [-0.2, -0.15) is 4.98 Å². The number of nitrogens with zero attached hydrogens (tertiary/aromatic N) is 4. The van der Waals surface area contributed by atoms with Gasteiger partial charge in [0.15, 0.2) is 0 Å². The minimum atomic E-state index is -0.179. The van der Waals surface area contributed by atoms with Crippen molar-refractivity contribution in [2.24, 2.45) is 0 Å². The summed E-state index contributed by atoms with van der Waals surface area (Å²) >= 11 is 18.2. The van der Waals surface area contributed by atoms with Crippen LogP contribution in [0.2, 0.25) is 15.1 Å². The van der Waals surface area contributed by atoms with E-state index in [1.807, 2.05) is 30.3 Å². The molecule has 10 heteroatoms. The zero-order valence-electron chi connectivity index (χ0n) is 17.4. The lowest BCUT2D eigenvalue weighted by atomic mass is 10.2. The van der Waals surface area contributed by atoms with E-state index in [0.717, 1.165) is 31.7 Å². The molecule has 168 valence electrons. The van der Waals surface area contributed by atoms with Crippen LogP contribution in [0.3, 0.4) is 0 Å². The first-order valence-electron chi connectivity index (χ1n) is 10.2. The molecule has 7 nitrogen and oxygen atoms in total. The summed E-state index contributed by atoms with van der Waals surface area (Å²) < 4.78 is 5.51. The summed E-state index contributed by atoms with van der Waals surface area (Å²) in [6.07, 6.45) is 0. The molecule has 0 bridgehead atoms. The summed E-state index contributed by atoms with van der Waals surface area (Å²) in [7, 11) is 0. The Balaban J connectivity index is 1.30. The first-order chi connectivity index (χ1) is 15.4. The maximum atomic E-state index is 12.5. The lowest BCUT2D eigenvalue weighted by Crippen LogP contribution is -2.49. The second-order valence-corrected chi connectivity index (χ2v) is 8.85. The van der Waals surface area contributed by atoms with Gasteiger partial charge in [0.25, 0.3) is 0 Å². The molecular formula is C22H22Cl3N5O2. The largest absolute Gasteiger partial charge is 0.337 e. The molecule has 0 aliphatic carbocycles. The Hall–Kier alpha value is -2.16. The number of carbonyl (C=O) groups is 1. The highest BCUT2D eigenvalue weighted by atomic mass is 35.5. The van der Waals surface area contributed by atoms with Crippen molar-refractivity contribution >= 4 is 46.4 Å². The number of aromatic nitrogens is 2. The number of nitrogens with one attached hydrogen (secondary N) is 1. The monoisotopic (exact) mass is 493 g/mol. The Morgan fingerprint density at radius 1 is 1.09 bits per heavy atom. The average Bonchev–Trinajstić information content (AvgIpc) is 3.27. The average molecular weight is 495 g/mol. The number of hydrogen-bond acceptors (Lipinski definition) is 6. The van der Waals surface area contributed by atoms with Crippen molar-refractivity contribution in [1.29, 1.82) is 0 Å². The molecule has 1 saturated heterocycles. The summed E-state index contributed by atoms with van der Waals surface area (Å²) in [6.45, 7) is 5.32. The maximum absolute atomic E-state index is 12.5. The number of benzene rings is 2. The predicted octanol–water partition coefficient (Wildman–Crippen LogP) is 5.01. The van der Waals surface area contributed by atoms with Crippen LogP contribution in [0.1, 0.15) is 18.9 Å². The van der Waals surface area contributed by atoms with Crippen molar-refractivity contribution < 1.29 is 9.32 Å². The fourth-order valence-corrected chi connectivity index (χ4v) is 4.53. The summed E-state index contributed by atoms with van der Waals surface area (Å²) in [5, 5.41) is 7.93. The minimum Gasteiger partial charge on any atom is -0.337 e. The molecule has 0 unspecified atom stereocenters. The lowest BCUT2D eigenvalue weighted by molar-refractivity contribution is -0.117. The molecule has 32 heavy (non-hydrogen) atoms. The van der Waals surface area contributed by atoms with Gasteiger partial charge in [-0.1, -0.05) is 70.3 Å². The highest BCUT2D eigenvalue weighted by molar-refractivity contribution is 6.42. The van der Waals surface area contributed by atoms with Crippen molar-refractivity contribution in [3.05, 3.63) is 63.4 Å². The molecule has 3 aromatic rings. The van der Waals surface area contributed by atoms with Gasteiger partial charge in [-0.15, -0.1) is 0 Å². The van der Waals surface area contributed by atoms with Gasteiger partial charge in [-0.25, -0.2) is 0 Å². The van der Waals surface area contributed by atoms with Crippen LogP contribution in [0.15, 0.2) is 47.0 Å². The van der Waals surface area contributed by atoms with Gasteiger partial charge in [0.05, 0.1) is 28.3 Å². The van der Waals surface area contributed by atoms with Crippen molar-refractivity contribution in [3.8, 4) is 11.4 Å². The Morgan fingerprint density at radius 2 is 1.75 bits per heavy atom. The van der Waals surface area contributed by atoms with Gasteiger partial charge < -0.3 is 9.84 Å². The number of hydrogen-bond donors (Lipinski definition) is 1. The SMILES string of the molecule is C[C@@H](c1nc(-c2ccccc2)no1)N1CCN(CC(=O)Nc2c(Cl)cc(Cl)cc2Cl)CC1. The number of rotatable bonds is 6. The zero-order valence-corrected chi connectivity index (χ0v) is 19.7. The standard InChI is InChI=1S/C22H22Cl3N5O2/c1-14(22-27-21(28-32-22)15-5-3-2-4-6-15)30-9-7-29(8-10-30)13-19(31)26-20-17(24)11-16(23)12-18(20)25/h2-6,11-12,14H,7-10,13H2,1H3,(H,26,31)/t14-/m0/s1. The van der Waals surface area contributed by atoms with Crippen LogP contribution in [-0.2, 0) is 4.79 Å². The van der Waals surface area contributed by atoms with Gasteiger partial charge >= 0.3 is 0 Å². The van der Waals surface area contributed by atoms with Gasteiger partial charge in [-0.05, 0) is 19.1 Å². The Morgan fingerprint density at radius 3 is 2.41 bits per heavy atom. The summed E-state index contributed by atoms with van der Waals surface area (Å²) in [4.78, 5) is 21.4. The molecule has 1 atom stereocenters. The summed E-state index contributed by atoms with van der Waals surface area (Å²) in [5.74, 6) is 0.992. The van der Waals surface area contributed by atoms with E-state index < -0.39 is 0 Å². The molecule has 1 amide bonds. The summed E-state index contributed by atoms with van der Waals surface area (Å²) in [5.41, 5.74) is 1.30. The molecule has 0 saturated carbocycles. The number of carbonyl (C=O) groups excluding carboxylic acids is 1. The van der Waals surface area contributed by atoms with Gasteiger partial charge in [-0.3, -0.25) is 14.6 Å². The number of piperazine rings is 1. The minimum absolute atomic E-state index is 0.0115. The molecule has 0 radical (unpaired) electrons. The highest BCUT2D eigenvalue weighted by Gasteiger charge is 2.27. The Kier molecular flexibility index (Phi) is 7.33. The van der Waals surface area contributed by atoms with E-state index in [1.165, 1.54) is 0 Å². The quantitative estimate of drug-likeness (QED) is 0.519. The van der Waals surface area contributed by atoms with Crippen LogP contribution >= 0.6 is 34.8 Å². The topological polar surface area (TPSA) is 74.5 Å². The third-order valence-electron chi connectivity index (χ3n) is 5.42. The normalized spacial score (nSPS) is 16.1. The predicted molar refractivity (Wildman–Crippen MR) is 126 cm³/mol. The zero-order chi connectivity index (χ0) is 22.7. The van der Waals surface area contributed by atoms with Crippen molar-refractivity contribution in [1.82, 2.24) is 19.9 Å². The molecule has 1 aliphatic heterocycles. The van der Waals surface area contributed by atoms with E-state index >= 15 is 0 Å². The third-order valence-corrected chi connectivity index (χ3v) is 6.24. The molecule has 0 spiro atoms. The number of anilines is 1. The van der Waals surface area contributed by atoms with Crippen molar-refractivity contribution in [3.63, 3.8) is 0 Å². The van der Waals surface area contributed by atoms with Gasteiger partial charge in [0.2, 0.25) is 17.6 Å². The Labute approximate surface area is 201 Å². The molecule has 4 rings (SSSR count). The summed E-state index contributed by atoms with van der Waals surface area (Å²) in [6, 6.07) is 12.8. The second kappa shape index (κ2) is 10.2. The molecule has 2 aromatic carbocycles. The second-order valence-electron chi connectivity index (χ2n) is 7.60. The van der Waals surface area contributed by atoms with E-state index in [-0.39, 0.29) is 18.5 Å². The van der Waals surface area contributed by atoms with Gasteiger partial charge in [0, 0.05) is 36.8 Å². The molecule has 2 heterocycles. The van der Waals surface area contributed by atoms with Gasteiger partial charge in [0.1, 0.15) is 0 Å². The van der Waals surface area contributed by atoms with Crippen LogP contribution in [0.25, 0.3) is 11.4 Å². The molecule has 1 N–H and O–H groups in total. The maximum Gasteiger partial charge on any atom is 0.244 e. The Bertz CT molecular complexity index is 1060. The van der Waals surface area contributed by atoms with E-state index in [1.54, 1.807) is 12.1 Å². The van der Waals surface area contributed by atoms with E-state index in [9.17, 15) is 4.79 Å².